The summed E-state index contributed by atoms with van der Waals surface area (Å²) in [4.78, 5) is 24.9. The Hall–Kier alpha value is -0.790. The number of carbonyl (C=O) groups excluding carboxylic acids is 2. The van der Waals surface area contributed by atoms with Gasteiger partial charge in [0.25, 0.3) is 0 Å². The second kappa shape index (κ2) is 29.0. The van der Waals surface area contributed by atoms with E-state index >= 15 is 0 Å². The largest absolute Gasteiger partial charge is 0.465 e. The first-order valence-corrected chi connectivity index (χ1v) is 18.9. The number of ether oxygens (including phenoxy) is 4. The summed E-state index contributed by atoms with van der Waals surface area (Å²) in [6.45, 7) is 8.98. The second-order valence-corrected chi connectivity index (χ2v) is 13.3. The number of hydrogen-bond acceptors (Lipinski definition) is 7. The Bertz CT molecular complexity index is 625. The molecule has 0 spiro atoms. The molecule has 0 aromatic heterocycles. The summed E-state index contributed by atoms with van der Waals surface area (Å²) in [6, 6.07) is 0. The topological polar surface area (TPSA) is 71.1 Å². The lowest BCUT2D eigenvalue weighted by Crippen LogP contribution is -2.26. The molecule has 0 saturated carbocycles. The summed E-state index contributed by atoms with van der Waals surface area (Å²) in [5.41, 5.74) is 0. The van der Waals surface area contributed by atoms with Crippen molar-refractivity contribution in [1.82, 2.24) is 0 Å². The van der Waals surface area contributed by atoms with Crippen LogP contribution in [0.3, 0.4) is 0 Å². The van der Waals surface area contributed by atoms with Crippen molar-refractivity contribution in [3.05, 3.63) is 0 Å². The van der Waals surface area contributed by atoms with Crippen LogP contribution in [-0.4, -0.2) is 56.2 Å². The van der Waals surface area contributed by atoms with Gasteiger partial charge in [-0.3, -0.25) is 9.59 Å². The molecule has 1 aliphatic rings. The Balaban J connectivity index is 2.08. The van der Waals surface area contributed by atoms with E-state index in [1.165, 1.54) is 64.2 Å². The van der Waals surface area contributed by atoms with Crippen LogP contribution in [0.25, 0.3) is 0 Å². The smallest absolute Gasteiger partial charge is 0.309 e. The molecule has 1 aliphatic heterocycles. The number of unbranched alkanes of at least 4 members (excludes halogenated alkanes) is 13. The molecule has 42 heavy (non-hydrogen) atoms. The maximum Gasteiger partial charge on any atom is 0.309 e. The van der Waals surface area contributed by atoms with Crippen LogP contribution in [0.5, 0.6) is 0 Å². The summed E-state index contributed by atoms with van der Waals surface area (Å²) in [6.07, 6.45) is 23.3. The molecule has 0 amide bonds. The Labute approximate surface area is 263 Å². The van der Waals surface area contributed by atoms with E-state index in [2.05, 4.69) is 20.8 Å². The van der Waals surface area contributed by atoms with Crippen molar-refractivity contribution < 1.29 is 28.5 Å². The summed E-state index contributed by atoms with van der Waals surface area (Å²) >= 11 is 1.87. The van der Waals surface area contributed by atoms with Gasteiger partial charge in [0.15, 0.2) is 6.29 Å². The van der Waals surface area contributed by atoms with Gasteiger partial charge in [-0.05, 0) is 43.8 Å². The van der Waals surface area contributed by atoms with E-state index in [9.17, 15) is 9.59 Å². The van der Waals surface area contributed by atoms with E-state index in [0.29, 0.717) is 45.2 Å². The van der Waals surface area contributed by atoms with E-state index in [4.69, 9.17) is 18.9 Å². The van der Waals surface area contributed by atoms with Crippen molar-refractivity contribution in [2.24, 2.45) is 11.8 Å². The van der Waals surface area contributed by atoms with Gasteiger partial charge in [-0.25, -0.2) is 0 Å². The zero-order chi connectivity index (χ0) is 30.5. The normalized spacial score (nSPS) is 15.1. The third-order valence-corrected chi connectivity index (χ3v) is 9.34. The monoisotopic (exact) mass is 614 g/mol. The Morgan fingerprint density at radius 1 is 0.714 bits per heavy atom. The van der Waals surface area contributed by atoms with E-state index in [0.717, 1.165) is 69.3 Å². The van der Waals surface area contributed by atoms with Crippen LogP contribution in [0.1, 0.15) is 156 Å². The Morgan fingerprint density at radius 2 is 1.33 bits per heavy atom. The number of esters is 2. The fourth-order valence-electron chi connectivity index (χ4n) is 5.44. The minimum Gasteiger partial charge on any atom is -0.465 e. The molecule has 0 aromatic rings. The van der Waals surface area contributed by atoms with Crippen LogP contribution in [0.15, 0.2) is 0 Å². The zero-order valence-electron chi connectivity index (χ0n) is 27.7. The Kier molecular flexibility index (Phi) is 27.0. The van der Waals surface area contributed by atoms with Crippen molar-refractivity contribution in [3.63, 3.8) is 0 Å². The average Bonchev–Trinajstić information content (AvgIpc) is 3.51. The van der Waals surface area contributed by atoms with E-state index in [1.807, 2.05) is 11.8 Å². The van der Waals surface area contributed by atoms with Gasteiger partial charge in [0, 0.05) is 18.6 Å². The van der Waals surface area contributed by atoms with Crippen molar-refractivity contribution in [2.75, 3.05) is 37.9 Å². The molecule has 0 bridgehead atoms. The van der Waals surface area contributed by atoms with Crippen LogP contribution >= 0.6 is 11.8 Å². The summed E-state index contributed by atoms with van der Waals surface area (Å²) in [5.74, 6) is 2.11. The van der Waals surface area contributed by atoms with Crippen LogP contribution in [-0.2, 0) is 28.5 Å². The highest BCUT2D eigenvalue weighted by Gasteiger charge is 2.27. The first-order chi connectivity index (χ1) is 20.6. The third kappa shape index (κ3) is 22.7. The zero-order valence-corrected chi connectivity index (χ0v) is 28.5. The van der Waals surface area contributed by atoms with Gasteiger partial charge in [0.1, 0.15) is 0 Å². The minimum atomic E-state index is -0.271. The van der Waals surface area contributed by atoms with Gasteiger partial charge in [-0.15, -0.1) is 0 Å². The van der Waals surface area contributed by atoms with Gasteiger partial charge in [0.05, 0.1) is 32.3 Å². The fraction of sp³-hybridized carbons (Fsp3) is 0.943. The van der Waals surface area contributed by atoms with E-state index in [-0.39, 0.29) is 24.1 Å². The standard InChI is InChI=1S/C35H66O6S/c1-4-7-9-10-14-17-20-27-42-30-32(28-34-38-25-26-39-34)35(37)40-24-19-16-13-11-12-15-18-23-33(36)41-29-31(21-6-3)22-8-5-2/h31-32,34H,4-30H2,1-3H3. The molecular formula is C35H66O6S. The SMILES string of the molecule is CCCCCCCCCSCC(CC1OCCO1)C(=O)OCCCCCCCCCC(=O)OCC(CCC)CCCC. The predicted molar refractivity (Wildman–Crippen MR) is 176 cm³/mol. The summed E-state index contributed by atoms with van der Waals surface area (Å²) < 4.78 is 22.5. The number of hydrogen-bond donors (Lipinski definition) is 0. The maximum absolute atomic E-state index is 12.8. The lowest BCUT2D eigenvalue weighted by atomic mass is 9.98. The molecule has 6 nitrogen and oxygen atoms in total. The molecule has 0 aliphatic carbocycles. The van der Waals surface area contributed by atoms with Gasteiger partial charge in [0.2, 0.25) is 0 Å². The fourth-order valence-corrected chi connectivity index (χ4v) is 6.57. The molecule has 1 rings (SSSR count). The van der Waals surface area contributed by atoms with Gasteiger partial charge < -0.3 is 18.9 Å². The van der Waals surface area contributed by atoms with Gasteiger partial charge in [-0.2, -0.15) is 11.8 Å². The second-order valence-electron chi connectivity index (χ2n) is 12.2. The molecule has 1 heterocycles. The summed E-state index contributed by atoms with van der Waals surface area (Å²) in [7, 11) is 0. The van der Waals surface area contributed by atoms with Crippen LogP contribution < -0.4 is 0 Å². The average molecular weight is 615 g/mol. The maximum atomic E-state index is 12.8. The first kappa shape index (κ1) is 39.2. The minimum absolute atomic E-state index is 0.0324. The predicted octanol–water partition coefficient (Wildman–Crippen LogP) is 9.66. The third-order valence-electron chi connectivity index (χ3n) is 8.12. The lowest BCUT2D eigenvalue weighted by Gasteiger charge is -2.18. The van der Waals surface area contributed by atoms with Crippen molar-refractivity contribution in [1.29, 1.82) is 0 Å². The molecule has 2 atom stereocenters. The first-order valence-electron chi connectivity index (χ1n) is 17.7. The quantitative estimate of drug-likeness (QED) is 0.0589. The van der Waals surface area contributed by atoms with Crippen molar-refractivity contribution in [3.8, 4) is 0 Å². The van der Waals surface area contributed by atoms with Crippen LogP contribution in [0, 0.1) is 11.8 Å². The molecule has 7 heteroatoms. The number of thioether (sulfide) groups is 1. The molecule has 0 aromatic carbocycles. The van der Waals surface area contributed by atoms with Crippen molar-refractivity contribution >= 4 is 23.7 Å². The van der Waals surface area contributed by atoms with Gasteiger partial charge in [-0.1, -0.05) is 111 Å². The lowest BCUT2D eigenvalue weighted by molar-refractivity contribution is -0.151. The molecule has 2 unspecified atom stereocenters. The molecule has 1 fully saturated rings. The summed E-state index contributed by atoms with van der Waals surface area (Å²) in [5, 5.41) is 0. The molecular weight excluding hydrogens is 548 g/mol. The van der Waals surface area contributed by atoms with E-state index < -0.39 is 0 Å². The molecule has 0 radical (unpaired) electrons. The van der Waals surface area contributed by atoms with Crippen LogP contribution in [0.4, 0.5) is 0 Å². The van der Waals surface area contributed by atoms with Crippen LogP contribution in [0.2, 0.25) is 0 Å². The number of carbonyl (C=O) groups is 2. The molecule has 1 saturated heterocycles. The van der Waals surface area contributed by atoms with Crippen molar-refractivity contribution in [2.45, 2.75) is 162 Å². The highest BCUT2D eigenvalue weighted by molar-refractivity contribution is 7.99. The highest BCUT2D eigenvalue weighted by Crippen LogP contribution is 2.22. The molecule has 0 N–H and O–H groups in total. The Morgan fingerprint density at radius 3 is 2.00 bits per heavy atom. The highest BCUT2D eigenvalue weighted by atomic mass is 32.2. The molecule has 248 valence electrons. The van der Waals surface area contributed by atoms with Gasteiger partial charge >= 0.3 is 11.9 Å². The van der Waals surface area contributed by atoms with E-state index in [1.54, 1.807) is 0 Å². The number of rotatable bonds is 30.